The molecule has 19 heavy (non-hydrogen) atoms. The van der Waals surface area contributed by atoms with Crippen LogP contribution in [-0.4, -0.2) is 30.0 Å². The number of hydrogen-bond acceptors (Lipinski definition) is 3. The molecule has 0 bridgehead atoms. The number of likely N-dealkylation sites (tertiary alicyclic amines) is 1. The molecule has 3 nitrogen and oxygen atoms in total. The summed E-state index contributed by atoms with van der Waals surface area (Å²) in [4.78, 5) is 6.94. The summed E-state index contributed by atoms with van der Waals surface area (Å²) in [6.45, 7) is 6.61. The van der Waals surface area contributed by atoms with E-state index in [1.165, 1.54) is 31.5 Å². The summed E-state index contributed by atoms with van der Waals surface area (Å²) in [6.07, 6.45) is 2.49. The Hall–Kier alpha value is -1.35. The van der Waals surface area contributed by atoms with E-state index in [-0.39, 0.29) is 0 Å². The van der Waals surface area contributed by atoms with E-state index in [1.807, 2.05) is 0 Å². The molecule has 3 heteroatoms. The zero-order chi connectivity index (χ0) is 13.4. The molecule has 102 valence electrons. The summed E-state index contributed by atoms with van der Waals surface area (Å²) < 4.78 is 5.86. The summed E-state index contributed by atoms with van der Waals surface area (Å²) in [5.74, 6) is 1.86. The fraction of sp³-hybridized carbons (Fsp3) is 0.562. The molecule has 1 aromatic carbocycles. The van der Waals surface area contributed by atoms with E-state index in [2.05, 4.69) is 49.0 Å². The van der Waals surface area contributed by atoms with E-state index in [9.17, 15) is 0 Å². The van der Waals surface area contributed by atoms with Crippen LogP contribution in [0.15, 0.2) is 22.6 Å². The minimum Gasteiger partial charge on any atom is -0.440 e. The van der Waals surface area contributed by atoms with Gasteiger partial charge in [0.05, 0.1) is 0 Å². The van der Waals surface area contributed by atoms with Crippen molar-refractivity contribution in [1.29, 1.82) is 0 Å². The van der Waals surface area contributed by atoms with Crippen LogP contribution in [0.2, 0.25) is 0 Å². The maximum absolute atomic E-state index is 5.86. The number of oxazole rings is 1. The molecule has 1 saturated heterocycles. The van der Waals surface area contributed by atoms with Gasteiger partial charge in [0, 0.05) is 5.92 Å². The van der Waals surface area contributed by atoms with Gasteiger partial charge in [0.25, 0.3) is 0 Å². The number of benzene rings is 1. The van der Waals surface area contributed by atoms with Crippen LogP contribution in [0.5, 0.6) is 0 Å². The first kappa shape index (κ1) is 12.7. The highest BCUT2D eigenvalue weighted by molar-refractivity contribution is 5.73. The molecule has 0 amide bonds. The van der Waals surface area contributed by atoms with E-state index >= 15 is 0 Å². The zero-order valence-corrected chi connectivity index (χ0v) is 12.0. The number of piperidine rings is 1. The smallest absolute Gasteiger partial charge is 0.198 e. The quantitative estimate of drug-likeness (QED) is 0.821. The Morgan fingerprint density at radius 2 is 2.00 bits per heavy atom. The summed E-state index contributed by atoms with van der Waals surface area (Å²) >= 11 is 0. The van der Waals surface area contributed by atoms with Gasteiger partial charge in [0.2, 0.25) is 0 Å². The molecular weight excluding hydrogens is 236 g/mol. The van der Waals surface area contributed by atoms with E-state index < -0.39 is 0 Å². The predicted octanol–water partition coefficient (Wildman–Crippen LogP) is 3.76. The van der Waals surface area contributed by atoms with Crippen molar-refractivity contribution in [1.82, 2.24) is 9.88 Å². The van der Waals surface area contributed by atoms with Crippen LogP contribution in [0.4, 0.5) is 0 Å². The van der Waals surface area contributed by atoms with Crippen molar-refractivity contribution < 1.29 is 4.42 Å². The van der Waals surface area contributed by atoms with Gasteiger partial charge in [-0.15, -0.1) is 0 Å². The minimum atomic E-state index is 0.346. The van der Waals surface area contributed by atoms with E-state index in [0.29, 0.717) is 11.8 Å². The monoisotopic (exact) mass is 258 g/mol. The highest BCUT2D eigenvalue weighted by Gasteiger charge is 2.19. The van der Waals surface area contributed by atoms with Crippen molar-refractivity contribution in [3.8, 4) is 0 Å². The molecule has 0 aliphatic carbocycles. The molecule has 1 aliphatic rings. The molecule has 1 fully saturated rings. The van der Waals surface area contributed by atoms with Gasteiger partial charge in [-0.2, -0.15) is 0 Å². The Labute approximate surface area is 114 Å². The van der Waals surface area contributed by atoms with Crippen molar-refractivity contribution in [3.63, 3.8) is 0 Å². The summed E-state index contributed by atoms with van der Waals surface area (Å²) in [5, 5.41) is 0. The van der Waals surface area contributed by atoms with Crippen LogP contribution in [0.1, 0.15) is 50.0 Å². The molecule has 1 aromatic heterocycles. The average Bonchev–Trinajstić information content (AvgIpc) is 2.82. The lowest BCUT2D eigenvalue weighted by molar-refractivity contribution is 0.255. The van der Waals surface area contributed by atoms with Crippen LogP contribution in [0, 0.1) is 0 Å². The van der Waals surface area contributed by atoms with Gasteiger partial charge in [-0.05, 0) is 56.6 Å². The lowest BCUT2D eigenvalue weighted by Gasteiger charge is -2.29. The largest absolute Gasteiger partial charge is 0.440 e. The van der Waals surface area contributed by atoms with Crippen molar-refractivity contribution >= 4 is 11.1 Å². The highest BCUT2D eigenvalue weighted by Crippen LogP contribution is 2.30. The second kappa shape index (κ2) is 4.97. The Bertz CT molecular complexity index is 565. The fourth-order valence-electron chi connectivity index (χ4n) is 2.80. The first-order chi connectivity index (χ1) is 9.13. The predicted molar refractivity (Wildman–Crippen MR) is 77.6 cm³/mol. The molecular formula is C16H22N2O. The first-order valence-corrected chi connectivity index (χ1v) is 7.22. The fourth-order valence-corrected chi connectivity index (χ4v) is 2.80. The van der Waals surface area contributed by atoms with Crippen LogP contribution in [0.3, 0.4) is 0 Å². The zero-order valence-electron chi connectivity index (χ0n) is 12.0. The summed E-state index contributed by atoms with van der Waals surface area (Å²) in [5.41, 5.74) is 3.34. The third-order valence-electron chi connectivity index (χ3n) is 4.11. The van der Waals surface area contributed by atoms with E-state index in [4.69, 9.17) is 4.42 Å². The van der Waals surface area contributed by atoms with Crippen LogP contribution >= 0.6 is 0 Å². The molecule has 1 aliphatic heterocycles. The summed E-state index contributed by atoms with van der Waals surface area (Å²) in [7, 11) is 2.20. The molecule has 0 radical (unpaired) electrons. The molecule has 2 heterocycles. The van der Waals surface area contributed by atoms with Crippen molar-refractivity contribution in [2.24, 2.45) is 0 Å². The lowest BCUT2D eigenvalue weighted by atomic mass is 9.89. The Morgan fingerprint density at radius 1 is 1.26 bits per heavy atom. The number of aromatic nitrogens is 1. The third kappa shape index (κ3) is 2.52. The Morgan fingerprint density at radius 3 is 2.68 bits per heavy atom. The number of fused-ring (bicyclic) bond motifs is 1. The van der Waals surface area contributed by atoms with Gasteiger partial charge in [0.1, 0.15) is 5.52 Å². The van der Waals surface area contributed by atoms with Gasteiger partial charge >= 0.3 is 0 Å². The number of rotatable bonds is 2. The molecule has 0 N–H and O–H groups in total. The van der Waals surface area contributed by atoms with E-state index in [1.54, 1.807) is 0 Å². The second-order valence-corrected chi connectivity index (χ2v) is 6.01. The molecule has 0 spiro atoms. The van der Waals surface area contributed by atoms with Gasteiger partial charge in [-0.3, -0.25) is 0 Å². The number of hydrogen-bond donors (Lipinski definition) is 0. The maximum Gasteiger partial charge on any atom is 0.198 e. The average molecular weight is 258 g/mol. The van der Waals surface area contributed by atoms with Crippen LogP contribution < -0.4 is 0 Å². The molecule has 0 atom stereocenters. The van der Waals surface area contributed by atoms with Crippen LogP contribution in [-0.2, 0) is 0 Å². The second-order valence-electron chi connectivity index (χ2n) is 6.01. The van der Waals surface area contributed by atoms with Crippen molar-refractivity contribution in [2.45, 2.75) is 38.5 Å². The van der Waals surface area contributed by atoms with Gasteiger partial charge in [0.15, 0.2) is 11.5 Å². The molecule has 0 unspecified atom stereocenters. The topological polar surface area (TPSA) is 29.3 Å². The Kier molecular flexibility index (Phi) is 3.31. The van der Waals surface area contributed by atoms with Crippen molar-refractivity contribution in [2.75, 3.05) is 20.1 Å². The van der Waals surface area contributed by atoms with Crippen molar-refractivity contribution in [3.05, 3.63) is 29.7 Å². The standard InChI is InChI=1S/C16H22N2O/c1-11(2)16-17-14-5-4-13(10-15(14)19-16)12-6-8-18(3)9-7-12/h4-5,10-12H,6-9H2,1-3H3. The molecule has 3 rings (SSSR count). The maximum atomic E-state index is 5.86. The highest BCUT2D eigenvalue weighted by atomic mass is 16.3. The van der Waals surface area contributed by atoms with E-state index in [0.717, 1.165) is 17.0 Å². The van der Waals surface area contributed by atoms with Gasteiger partial charge < -0.3 is 9.32 Å². The van der Waals surface area contributed by atoms with Gasteiger partial charge in [-0.25, -0.2) is 4.98 Å². The molecule has 0 saturated carbocycles. The van der Waals surface area contributed by atoms with Gasteiger partial charge in [-0.1, -0.05) is 19.9 Å². The SMILES string of the molecule is CC(C)c1nc2ccc(C3CCN(C)CC3)cc2o1. The molecule has 2 aromatic rings. The lowest BCUT2D eigenvalue weighted by Crippen LogP contribution is -2.29. The first-order valence-electron chi connectivity index (χ1n) is 7.22. The summed E-state index contributed by atoms with van der Waals surface area (Å²) in [6, 6.07) is 6.54. The third-order valence-corrected chi connectivity index (χ3v) is 4.11. The number of nitrogens with zero attached hydrogens (tertiary/aromatic N) is 2. The normalized spacial score (nSPS) is 18.5. The van der Waals surface area contributed by atoms with Crippen LogP contribution in [0.25, 0.3) is 11.1 Å². The minimum absolute atomic E-state index is 0.346. The Balaban J connectivity index is 1.88.